The third-order valence-corrected chi connectivity index (χ3v) is 8.27. The molecule has 1 aromatic rings. The summed E-state index contributed by atoms with van der Waals surface area (Å²) in [5.74, 6) is -1.55. The van der Waals surface area contributed by atoms with E-state index in [9.17, 15) is 13.0 Å². The molecule has 2 saturated heterocycles. The van der Waals surface area contributed by atoms with Gasteiger partial charge < -0.3 is 10.3 Å². The summed E-state index contributed by atoms with van der Waals surface area (Å²) in [6.45, 7) is 0. The molecule has 0 aliphatic carbocycles. The van der Waals surface area contributed by atoms with Gasteiger partial charge in [0.25, 0.3) is 0 Å². The molecule has 2 fully saturated rings. The minimum absolute atomic E-state index is 0. The van der Waals surface area contributed by atoms with E-state index in [0.29, 0.717) is 31.3 Å². The molecule has 2 aliphatic rings. The number of hydrogen-bond donors (Lipinski definition) is 0. The second-order valence-electron chi connectivity index (χ2n) is 5.92. The molecule has 8 heteroatoms. The molecule has 1 aromatic carbocycles. The Morgan fingerprint density at radius 1 is 1.32 bits per heavy atom. The second-order valence-corrected chi connectivity index (χ2v) is 9.60. The fraction of sp³-hybridized carbons (Fsp3) is 0.571. The zero-order valence-corrected chi connectivity index (χ0v) is 17.9. The quantitative estimate of drug-likeness (QED) is 0.272. The fourth-order valence-electron chi connectivity index (χ4n) is 3.67. The van der Waals surface area contributed by atoms with Gasteiger partial charge in [-0.2, -0.15) is 0 Å². The maximum atomic E-state index is 14.5. The number of rotatable bonds is 4. The monoisotopic (exact) mass is 575 g/mol. The van der Waals surface area contributed by atoms with E-state index in [1.807, 2.05) is 0 Å². The number of benzene rings is 1. The second kappa shape index (κ2) is 6.90. The Hall–Kier alpha value is 0.702. The van der Waals surface area contributed by atoms with Crippen LogP contribution in [-0.4, -0.2) is 25.5 Å². The standard InChI is InChI=1S/C14H16ClF3NOP.U/c1-19-20-13(11-10(16)3-2-9(15)12(11)17)14-4-6-21(18,8-14)7-5-14;/h2-3,13H,4-8H2,1H3;. The van der Waals surface area contributed by atoms with Gasteiger partial charge in [-0.3, -0.25) is 0 Å². The molecule has 1 atom stereocenters. The molecular formula is C14H16ClF3NOPU. The molecule has 0 amide bonds. The van der Waals surface area contributed by atoms with E-state index in [1.54, 1.807) is 0 Å². The first-order valence-electron chi connectivity index (χ1n) is 6.85. The number of halogens is 4. The van der Waals surface area contributed by atoms with E-state index in [0.717, 1.165) is 6.07 Å². The van der Waals surface area contributed by atoms with Gasteiger partial charge in [0.15, 0.2) is 0 Å². The van der Waals surface area contributed by atoms with Crippen molar-refractivity contribution in [3.8, 4) is 0 Å². The van der Waals surface area contributed by atoms with Gasteiger partial charge in [-0.25, -0.2) is 8.78 Å². The summed E-state index contributed by atoms with van der Waals surface area (Å²) in [6, 6.07) is 2.29. The van der Waals surface area contributed by atoms with Crippen molar-refractivity contribution in [1.82, 2.24) is 0 Å². The van der Waals surface area contributed by atoms with Gasteiger partial charge in [-0.15, -0.1) is 7.05 Å². The average Bonchev–Trinajstić information content (AvgIpc) is 2.97. The Balaban J connectivity index is 0.00000176. The van der Waals surface area contributed by atoms with Crippen LogP contribution in [0.2, 0.25) is 5.02 Å². The van der Waals surface area contributed by atoms with Gasteiger partial charge in [-0.05, 0) is 25.0 Å². The van der Waals surface area contributed by atoms with Crippen LogP contribution in [0.25, 0.3) is 5.48 Å². The van der Waals surface area contributed by atoms with Crippen LogP contribution >= 0.6 is 19.2 Å². The van der Waals surface area contributed by atoms with E-state index >= 15 is 0 Å². The summed E-state index contributed by atoms with van der Waals surface area (Å²) in [5.41, 5.74) is 2.84. The topological polar surface area (TPSA) is 23.3 Å². The molecule has 0 N–H and O–H groups in total. The van der Waals surface area contributed by atoms with Crippen molar-refractivity contribution in [2.24, 2.45) is 5.41 Å². The predicted molar refractivity (Wildman–Crippen MR) is 78.8 cm³/mol. The van der Waals surface area contributed by atoms with Gasteiger partial charge in [0.1, 0.15) is 17.8 Å². The van der Waals surface area contributed by atoms with E-state index in [2.05, 4.69) is 5.48 Å². The molecule has 0 aromatic heterocycles. The van der Waals surface area contributed by atoms with Crippen LogP contribution in [0.3, 0.4) is 0 Å². The Morgan fingerprint density at radius 3 is 2.45 bits per heavy atom. The first kappa shape index (κ1) is 19.0. The largest absolute Gasteiger partial charge is 0.536 e. The molecule has 3 rings (SSSR count). The SMILES string of the molecule is C[N-]OC(c1c(F)ccc(Cl)c1F)C12CC[P+](F)(CC1)C2.[U]. The van der Waals surface area contributed by atoms with E-state index < -0.39 is 30.7 Å². The van der Waals surface area contributed by atoms with Crippen molar-refractivity contribution in [3.63, 3.8) is 0 Å². The molecule has 120 valence electrons. The number of hydrogen-bond acceptors (Lipinski definition) is 1. The molecule has 1 unspecified atom stereocenters. The van der Waals surface area contributed by atoms with Crippen LogP contribution in [0.15, 0.2) is 12.1 Å². The van der Waals surface area contributed by atoms with Crippen molar-refractivity contribution in [2.75, 3.05) is 25.5 Å². The zero-order valence-electron chi connectivity index (χ0n) is 12.1. The summed E-state index contributed by atoms with van der Waals surface area (Å²) in [6.07, 6.45) is 1.65. The van der Waals surface area contributed by atoms with Crippen LogP contribution in [0.1, 0.15) is 24.5 Å². The minimum atomic E-state index is -2.43. The van der Waals surface area contributed by atoms with E-state index in [4.69, 9.17) is 16.4 Å². The Labute approximate surface area is 157 Å². The molecule has 0 spiro atoms. The first-order chi connectivity index (χ1) is 9.91. The Bertz CT molecular complexity index is 569. The fourth-order valence-corrected chi connectivity index (χ4v) is 7.68. The van der Waals surface area contributed by atoms with Crippen molar-refractivity contribution >= 4 is 19.2 Å². The summed E-state index contributed by atoms with van der Waals surface area (Å²) >= 11 is 5.77. The Morgan fingerprint density at radius 2 is 1.95 bits per heavy atom. The van der Waals surface area contributed by atoms with Gasteiger partial charge in [0.05, 0.1) is 29.0 Å². The van der Waals surface area contributed by atoms with Crippen molar-refractivity contribution in [2.45, 2.75) is 18.9 Å². The van der Waals surface area contributed by atoms with E-state index in [-0.39, 0.29) is 41.7 Å². The maximum Gasteiger partial charge on any atom is 0.202 e. The van der Waals surface area contributed by atoms with Gasteiger partial charge >= 0.3 is 0 Å². The van der Waals surface area contributed by atoms with Crippen LogP contribution in [0, 0.1) is 48.2 Å². The summed E-state index contributed by atoms with van der Waals surface area (Å²) in [4.78, 5) is 5.33. The predicted octanol–water partition coefficient (Wildman–Crippen LogP) is 5.29. The van der Waals surface area contributed by atoms with Gasteiger partial charge in [0, 0.05) is 36.5 Å². The molecule has 2 heterocycles. The molecular weight excluding hydrogens is 560 g/mol. The molecule has 22 heavy (non-hydrogen) atoms. The number of fused-ring (bicyclic) bond motifs is 2. The van der Waals surface area contributed by atoms with Crippen LogP contribution in [-0.2, 0) is 4.84 Å². The Kier molecular flexibility index (Phi) is 5.97. The molecule has 0 radical (unpaired) electrons. The average molecular weight is 576 g/mol. The summed E-state index contributed by atoms with van der Waals surface area (Å²) < 4.78 is 43.0. The maximum absolute atomic E-state index is 14.5. The van der Waals surface area contributed by atoms with Crippen molar-refractivity contribution < 1.29 is 48.9 Å². The number of nitrogens with zero attached hydrogens (tertiary/aromatic N) is 1. The van der Waals surface area contributed by atoms with Crippen LogP contribution in [0.4, 0.5) is 13.0 Å². The zero-order chi connectivity index (χ0) is 15.3. The third kappa shape index (κ3) is 3.13. The third-order valence-electron chi connectivity index (χ3n) is 4.73. The van der Waals surface area contributed by atoms with Gasteiger partial charge in [0.2, 0.25) is 7.57 Å². The summed E-state index contributed by atoms with van der Waals surface area (Å²) in [7, 11) is -1.02. The summed E-state index contributed by atoms with van der Waals surface area (Å²) in [5, 5.41) is -0.162. The smallest absolute Gasteiger partial charge is 0.202 e. The molecule has 2 nitrogen and oxygen atoms in total. The normalized spacial score (nSPS) is 31.1. The van der Waals surface area contributed by atoms with Gasteiger partial charge in [-0.1, -0.05) is 15.8 Å². The van der Waals surface area contributed by atoms with Crippen molar-refractivity contribution in [3.05, 3.63) is 39.8 Å². The van der Waals surface area contributed by atoms with Crippen LogP contribution < -0.4 is 0 Å². The molecule has 2 aliphatic heterocycles. The molecule has 2 bridgehead atoms. The van der Waals surface area contributed by atoms with Crippen LogP contribution in [0.5, 0.6) is 0 Å². The van der Waals surface area contributed by atoms with E-state index in [1.165, 1.54) is 13.1 Å². The number of hydroxylamine groups is 1. The minimum Gasteiger partial charge on any atom is -0.536 e. The first-order valence-corrected chi connectivity index (χ1v) is 9.46. The van der Waals surface area contributed by atoms with Crippen molar-refractivity contribution in [1.29, 1.82) is 0 Å². The molecule has 0 saturated carbocycles.